The second kappa shape index (κ2) is 7.41. The summed E-state index contributed by atoms with van der Waals surface area (Å²) < 4.78 is 1.83. The molecule has 27 heavy (non-hydrogen) atoms. The molecule has 4 rings (SSSR count). The van der Waals surface area contributed by atoms with Crippen LogP contribution in [0.3, 0.4) is 0 Å². The molecule has 0 amide bonds. The van der Waals surface area contributed by atoms with Crippen molar-refractivity contribution in [2.45, 2.75) is 26.3 Å². The molecule has 2 heterocycles. The maximum atomic E-state index is 6.23. The van der Waals surface area contributed by atoms with Gasteiger partial charge in [0.15, 0.2) is 10.8 Å². The number of nitrogens with one attached hydrogen (secondary N) is 1. The molecule has 0 aliphatic heterocycles. The molecule has 0 atom stereocenters. The molecule has 0 radical (unpaired) electrons. The Bertz CT molecular complexity index is 1050. The molecular weight excluding hydrogens is 356 g/mol. The summed E-state index contributed by atoms with van der Waals surface area (Å²) in [4.78, 5) is 4.53. The molecule has 5 heteroatoms. The average Bonchev–Trinajstić information content (AvgIpc) is 3.11. The van der Waals surface area contributed by atoms with E-state index in [-0.39, 0.29) is 0 Å². The smallest absolute Gasteiger partial charge is 0.177 e. The highest BCUT2D eigenvalue weighted by atomic mass is 35.5. The lowest BCUT2D eigenvalue weighted by Gasteiger charge is -2.10. The molecule has 0 saturated heterocycles. The minimum Gasteiger partial charge on any atom is -0.378 e. The molecule has 2 aromatic carbocycles. The number of fused-ring (bicyclic) bond motifs is 1. The van der Waals surface area contributed by atoms with Gasteiger partial charge in [0, 0.05) is 12.6 Å². The molecule has 0 unspecified atom stereocenters. The standard InChI is InChI=1S/C22H21ClN4/c1-15(2)20-14-25-22-19(12-21(23)26-27(20)22)24-13-16-8-10-18(11-9-16)17-6-4-3-5-7-17/h3-12,14-15,24H,13H2,1-2H3. The van der Waals surface area contributed by atoms with Crippen LogP contribution in [-0.2, 0) is 6.54 Å². The van der Waals surface area contributed by atoms with Crippen LogP contribution in [0.25, 0.3) is 16.8 Å². The largest absolute Gasteiger partial charge is 0.378 e. The van der Waals surface area contributed by atoms with Crippen LogP contribution in [0.1, 0.15) is 31.0 Å². The first-order valence-electron chi connectivity index (χ1n) is 9.04. The summed E-state index contributed by atoms with van der Waals surface area (Å²) in [7, 11) is 0. The van der Waals surface area contributed by atoms with Crippen molar-refractivity contribution >= 4 is 22.9 Å². The van der Waals surface area contributed by atoms with Gasteiger partial charge >= 0.3 is 0 Å². The third-order valence-corrected chi connectivity index (χ3v) is 4.78. The van der Waals surface area contributed by atoms with Gasteiger partial charge in [0.25, 0.3) is 0 Å². The van der Waals surface area contributed by atoms with Crippen molar-refractivity contribution in [1.82, 2.24) is 14.6 Å². The summed E-state index contributed by atoms with van der Waals surface area (Å²) >= 11 is 6.23. The van der Waals surface area contributed by atoms with E-state index in [1.165, 1.54) is 16.7 Å². The maximum absolute atomic E-state index is 6.23. The topological polar surface area (TPSA) is 42.2 Å². The van der Waals surface area contributed by atoms with Gasteiger partial charge in [0.05, 0.1) is 17.6 Å². The number of halogens is 1. The van der Waals surface area contributed by atoms with Crippen LogP contribution in [0, 0.1) is 0 Å². The zero-order valence-electron chi connectivity index (χ0n) is 15.4. The fourth-order valence-electron chi connectivity index (χ4n) is 3.12. The number of rotatable bonds is 5. The van der Waals surface area contributed by atoms with Gasteiger partial charge in [-0.05, 0) is 22.6 Å². The summed E-state index contributed by atoms with van der Waals surface area (Å²) in [6.45, 7) is 4.93. The zero-order valence-corrected chi connectivity index (χ0v) is 16.1. The van der Waals surface area contributed by atoms with Gasteiger partial charge in [-0.3, -0.25) is 0 Å². The van der Waals surface area contributed by atoms with E-state index in [0.717, 1.165) is 17.0 Å². The zero-order chi connectivity index (χ0) is 18.8. The number of nitrogens with zero attached hydrogens (tertiary/aromatic N) is 3. The molecule has 4 nitrogen and oxygen atoms in total. The number of aromatic nitrogens is 3. The Balaban J connectivity index is 1.55. The van der Waals surface area contributed by atoms with Crippen molar-refractivity contribution in [3.8, 4) is 11.1 Å². The average molecular weight is 377 g/mol. The Morgan fingerprint density at radius 3 is 2.41 bits per heavy atom. The highest BCUT2D eigenvalue weighted by Gasteiger charge is 2.13. The van der Waals surface area contributed by atoms with Crippen LogP contribution in [-0.4, -0.2) is 14.6 Å². The van der Waals surface area contributed by atoms with Crippen LogP contribution in [0.4, 0.5) is 5.69 Å². The highest BCUT2D eigenvalue weighted by molar-refractivity contribution is 6.29. The van der Waals surface area contributed by atoms with Crippen molar-refractivity contribution in [3.05, 3.63) is 83.3 Å². The number of anilines is 1. The van der Waals surface area contributed by atoms with E-state index in [9.17, 15) is 0 Å². The lowest BCUT2D eigenvalue weighted by atomic mass is 10.0. The molecule has 1 N–H and O–H groups in total. The lowest BCUT2D eigenvalue weighted by Crippen LogP contribution is -2.05. The van der Waals surface area contributed by atoms with Crippen molar-refractivity contribution in [2.24, 2.45) is 0 Å². The van der Waals surface area contributed by atoms with E-state index < -0.39 is 0 Å². The Morgan fingerprint density at radius 1 is 1.00 bits per heavy atom. The molecule has 0 fully saturated rings. The van der Waals surface area contributed by atoms with Gasteiger partial charge in [-0.1, -0.05) is 80.0 Å². The Hall–Kier alpha value is -2.85. The number of hydrogen-bond acceptors (Lipinski definition) is 3. The second-order valence-electron chi connectivity index (χ2n) is 6.87. The quantitative estimate of drug-likeness (QED) is 0.479. The molecule has 2 aromatic heterocycles. The SMILES string of the molecule is CC(C)c1cnc2c(NCc3ccc(-c4ccccc4)cc3)cc(Cl)nn12. The van der Waals surface area contributed by atoms with Gasteiger partial charge in [0.1, 0.15) is 0 Å². The van der Waals surface area contributed by atoms with E-state index in [1.54, 1.807) is 0 Å². The Morgan fingerprint density at radius 2 is 1.70 bits per heavy atom. The Labute approximate surface area is 163 Å². The van der Waals surface area contributed by atoms with Crippen molar-refractivity contribution in [2.75, 3.05) is 5.32 Å². The minimum absolute atomic E-state index is 0.323. The van der Waals surface area contributed by atoms with E-state index in [4.69, 9.17) is 11.6 Å². The first kappa shape index (κ1) is 17.6. The highest BCUT2D eigenvalue weighted by Crippen LogP contribution is 2.24. The van der Waals surface area contributed by atoms with Crippen LogP contribution >= 0.6 is 11.6 Å². The third kappa shape index (κ3) is 3.67. The van der Waals surface area contributed by atoms with Crippen molar-refractivity contribution in [3.63, 3.8) is 0 Å². The van der Waals surface area contributed by atoms with Gasteiger partial charge in [-0.25, -0.2) is 9.50 Å². The van der Waals surface area contributed by atoms with Crippen molar-refractivity contribution < 1.29 is 0 Å². The van der Waals surface area contributed by atoms with E-state index in [1.807, 2.05) is 22.8 Å². The first-order chi connectivity index (χ1) is 13.1. The first-order valence-corrected chi connectivity index (χ1v) is 9.42. The molecule has 0 aliphatic rings. The predicted octanol–water partition coefficient (Wildman–Crippen LogP) is 5.79. The minimum atomic E-state index is 0.323. The molecule has 0 bridgehead atoms. The Kier molecular flexibility index (Phi) is 4.82. The van der Waals surface area contributed by atoms with Crippen LogP contribution in [0.2, 0.25) is 5.15 Å². The molecular formula is C22H21ClN4. The third-order valence-electron chi connectivity index (χ3n) is 4.60. The fourth-order valence-corrected chi connectivity index (χ4v) is 3.31. The summed E-state index contributed by atoms with van der Waals surface area (Å²) in [6, 6.07) is 20.8. The van der Waals surface area contributed by atoms with E-state index in [0.29, 0.717) is 17.6 Å². The number of imidazole rings is 1. The van der Waals surface area contributed by atoms with Gasteiger partial charge < -0.3 is 5.32 Å². The van der Waals surface area contributed by atoms with Crippen molar-refractivity contribution in [1.29, 1.82) is 0 Å². The summed E-state index contributed by atoms with van der Waals surface area (Å²) in [5, 5.41) is 8.29. The monoisotopic (exact) mass is 376 g/mol. The summed E-state index contributed by atoms with van der Waals surface area (Å²) in [5.74, 6) is 0.323. The molecule has 0 saturated carbocycles. The van der Waals surface area contributed by atoms with Crippen LogP contribution < -0.4 is 5.32 Å². The summed E-state index contributed by atoms with van der Waals surface area (Å²) in [6.07, 6.45) is 1.86. The molecule has 4 aromatic rings. The predicted molar refractivity (Wildman–Crippen MR) is 111 cm³/mol. The lowest BCUT2D eigenvalue weighted by molar-refractivity contribution is 0.759. The fraction of sp³-hybridized carbons (Fsp3) is 0.182. The van der Waals surface area contributed by atoms with Gasteiger partial charge in [0.2, 0.25) is 0 Å². The van der Waals surface area contributed by atoms with Crippen LogP contribution in [0.15, 0.2) is 66.9 Å². The molecule has 136 valence electrons. The second-order valence-corrected chi connectivity index (χ2v) is 7.26. The molecule has 0 aliphatic carbocycles. The number of benzene rings is 2. The van der Waals surface area contributed by atoms with Crippen LogP contribution in [0.5, 0.6) is 0 Å². The van der Waals surface area contributed by atoms with Gasteiger partial charge in [-0.15, -0.1) is 0 Å². The summed E-state index contributed by atoms with van der Waals surface area (Å²) in [5.41, 5.74) is 6.35. The van der Waals surface area contributed by atoms with E-state index >= 15 is 0 Å². The molecule has 0 spiro atoms. The van der Waals surface area contributed by atoms with E-state index in [2.05, 4.69) is 77.8 Å². The normalized spacial score (nSPS) is 11.3. The van der Waals surface area contributed by atoms with Gasteiger partial charge in [-0.2, -0.15) is 5.10 Å². The maximum Gasteiger partial charge on any atom is 0.177 e. The number of hydrogen-bond donors (Lipinski definition) is 1.